The maximum atomic E-state index is 13.7. The summed E-state index contributed by atoms with van der Waals surface area (Å²) < 4.78 is 15.1. The molecule has 0 radical (unpaired) electrons. The molecule has 6 rings (SSSR count). The quantitative estimate of drug-likeness (QED) is 0.486. The highest BCUT2D eigenvalue weighted by atomic mass is 19.1. The Morgan fingerprint density at radius 3 is 2.69 bits per heavy atom. The number of fused-ring (bicyclic) bond motifs is 3. The van der Waals surface area contributed by atoms with Gasteiger partial charge in [-0.2, -0.15) is 5.10 Å². The number of hydrogen-bond acceptors (Lipinski definition) is 5. The van der Waals surface area contributed by atoms with E-state index in [-0.39, 0.29) is 24.8 Å². The van der Waals surface area contributed by atoms with Crippen LogP contribution in [0.15, 0.2) is 48.8 Å². The lowest BCUT2D eigenvalue weighted by Gasteiger charge is -2.25. The molecule has 2 aliphatic heterocycles. The number of urea groups is 1. The Hall–Kier alpha value is -4.54. The number of nitrogens with two attached hydrogens (primary N) is 1. The lowest BCUT2D eigenvalue weighted by atomic mass is 9.90. The summed E-state index contributed by atoms with van der Waals surface area (Å²) in [6, 6.07) is 9.62. The molecule has 1 fully saturated rings. The molecule has 10 nitrogen and oxygen atoms in total. The van der Waals surface area contributed by atoms with E-state index in [4.69, 9.17) is 5.73 Å². The van der Waals surface area contributed by atoms with Crippen molar-refractivity contribution in [3.63, 3.8) is 0 Å². The molecular formula is C28H27FN6O4. The summed E-state index contributed by atoms with van der Waals surface area (Å²) in [7, 11) is 0. The highest BCUT2D eigenvalue weighted by Gasteiger charge is 2.55. The van der Waals surface area contributed by atoms with Gasteiger partial charge in [0.1, 0.15) is 24.4 Å². The van der Waals surface area contributed by atoms with Gasteiger partial charge in [0.2, 0.25) is 11.8 Å². The van der Waals surface area contributed by atoms with Crippen molar-refractivity contribution in [2.75, 3.05) is 13.1 Å². The third-order valence-electron chi connectivity index (χ3n) is 7.84. The monoisotopic (exact) mass is 530 g/mol. The first-order chi connectivity index (χ1) is 18.7. The van der Waals surface area contributed by atoms with Crippen LogP contribution < -0.4 is 11.1 Å². The molecule has 1 aromatic heterocycles. The number of carbonyl (C=O) groups excluding carboxylic acids is 4. The van der Waals surface area contributed by atoms with E-state index in [9.17, 15) is 23.6 Å². The van der Waals surface area contributed by atoms with Gasteiger partial charge in [-0.15, -0.1) is 0 Å². The number of aromatic nitrogens is 2. The molecule has 200 valence electrons. The predicted molar refractivity (Wildman–Crippen MR) is 137 cm³/mol. The van der Waals surface area contributed by atoms with Crippen LogP contribution in [0.5, 0.6) is 0 Å². The largest absolute Gasteiger partial charge is 0.368 e. The van der Waals surface area contributed by atoms with E-state index < -0.39 is 23.4 Å². The van der Waals surface area contributed by atoms with Crippen LogP contribution in [0.2, 0.25) is 0 Å². The minimum atomic E-state index is -1.20. The molecule has 3 heterocycles. The molecule has 11 heteroatoms. The number of imide groups is 1. The Kier molecular flexibility index (Phi) is 5.93. The van der Waals surface area contributed by atoms with Gasteiger partial charge >= 0.3 is 6.03 Å². The topological polar surface area (TPSA) is 131 Å². The number of halogens is 1. The number of rotatable bonds is 5. The van der Waals surface area contributed by atoms with Crippen LogP contribution in [0.4, 0.5) is 9.18 Å². The number of nitrogens with one attached hydrogen (secondary N) is 1. The molecule has 3 aliphatic rings. The normalized spacial score (nSPS) is 20.1. The number of carbonyl (C=O) groups is 4. The van der Waals surface area contributed by atoms with Crippen molar-refractivity contribution < 1.29 is 23.6 Å². The van der Waals surface area contributed by atoms with Gasteiger partial charge in [-0.3, -0.25) is 24.0 Å². The van der Waals surface area contributed by atoms with E-state index in [0.29, 0.717) is 38.8 Å². The zero-order chi connectivity index (χ0) is 27.3. The average Bonchev–Trinajstić information content (AvgIpc) is 3.52. The Morgan fingerprint density at radius 2 is 1.87 bits per heavy atom. The third kappa shape index (κ3) is 4.33. The van der Waals surface area contributed by atoms with Crippen molar-refractivity contribution >= 4 is 23.8 Å². The standard InChI is InChI=1S/C28H27FN6O4/c29-22-5-3-20-13-33(9-1-2-17(20)11-22)25(37)16-35-26(38)28(32-27(35)39)8-7-19-10-18(4-6-23(19)28)21-12-31-34(14-21)15-24(30)36/h3-6,10-12,14H,1-2,7-9,13,15-16H2,(H2,30,36)(H,32,39). The SMILES string of the molecule is NC(=O)Cn1cc(-c2ccc3c(c2)CCC32NC(=O)N(CC(=O)N3CCCc4cc(F)ccc4C3)C2=O)cn1. The minimum absolute atomic E-state index is 0.0222. The zero-order valence-electron chi connectivity index (χ0n) is 21.2. The number of aryl methyl sites for hydroxylation is 2. The summed E-state index contributed by atoms with van der Waals surface area (Å²) in [6.07, 6.45) is 5.67. The summed E-state index contributed by atoms with van der Waals surface area (Å²) >= 11 is 0. The van der Waals surface area contributed by atoms with Crippen molar-refractivity contribution in [1.29, 1.82) is 0 Å². The molecule has 5 amide bonds. The highest BCUT2D eigenvalue weighted by molar-refractivity contribution is 6.10. The van der Waals surface area contributed by atoms with Crippen LogP contribution in [0.3, 0.4) is 0 Å². The van der Waals surface area contributed by atoms with Crippen molar-refractivity contribution in [3.8, 4) is 11.1 Å². The Bertz CT molecular complexity index is 1530. The van der Waals surface area contributed by atoms with E-state index in [1.165, 1.54) is 16.8 Å². The van der Waals surface area contributed by atoms with Crippen LogP contribution in [-0.4, -0.2) is 56.4 Å². The van der Waals surface area contributed by atoms with Crippen LogP contribution in [-0.2, 0) is 45.9 Å². The van der Waals surface area contributed by atoms with Gasteiger partial charge in [-0.05, 0) is 65.6 Å². The fourth-order valence-electron chi connectivity index (χ4n) is 5.91. The first-order valence-corrected chi connectivity index (χ1v) is 12.9. The van der Waals surface area contributed by atoms with Gasteiger partial charge in [0.15, 0.2) is 0 Å². The molecule has 0 saturated carbocycles. The molecule has 2 aromatic carbocycles. The van der Waals surface area contributed by atoms with E-state index in [1.807, 2.05) is 18.2 Å². The summed E-state index contributed by atoms with van der Waals surface area (Å²) in [5.41, 5.74) is 9.10. The van der Waals surface area contributed by atoms with Crippen molar-refractivity contribution in [1.82, 2.24) is 24.9 Å². The summed E-state index contributed by atoms with van der Waals surface area (Å²) in [5.74, 6) is -1.55. The second-order valence-electron chi connectivity index (χ2n) is 10.3. The highest BCUT2D eigenvalue weighted by Crippen LogP contribution is 2.42. The summed E-state index contributed by atoms with van der Waals surface area (Å²) in [4.78, 5) is 53.7. The van der Waals surface area contributed by atoms with Gasteiger partial charge in [-0.1, -0.05) is 24.3 Å². The third-order valence-corrected chi connectivity index (χ3v) is 7.84. The van der Waals surface area contributed by atoms with Crippen molar-refractivity contribution in [2.45, 2.75) is 44.3 Å². The number of hydrogen-bond donors (Lipinski definition) is 2. The smallest absolute Gasteiger partial charge is 0.325 e. The lowest BCUT2D eigenvalue weighted by molar-refractivity contribution is -0.139. The number of primary amides is 1. The second-order valence-corrected chi connectivity index (χ2v) is 10.3. The molecule has 1 saturated heterocycles. The van der Waals surface area contributed by atoms with Crippen molar-refractivity contribution in [3.05, 3.63) is 76.9 Å². The molecular weight excluding hydrogens is 503 g/mol. The maximum Gasteiger partial charge on any atom is 0.325 e. The molecule has 3 N–H and O–H groups in total. The minimum Gasteiger partial charge on any atom is -0.368 e. The molecule has 39 heavy (non-hydrogen) atoms. The molecule has 0 bridgehead atoms. The van der Waals surface area contributed by atoms with Crippen molar-refractivity contribution in [2.24, 2.45) is 5.73 Å². The van der Waals surface area contributed by atoms with E-state index in [0.717, 1.165) is 38.3 Å². The fraction of sp³-hybridized carbons (Fsp3) is 0.321. The van der Waals surface area contributed by atoms with Gasteiger partial charge in [-0.25, -0.2) is 9.18 Å². The van der Waals surface area contributed by atoms with Gasteiger partial charge in [0.05, 0.1) is 6.20 Å². The fourth-order valence-corrected chi connectivity index (χ4v) is 5.91. The summed E-state index contributed by atoms with van der Waals surface area (Å²) in [6.45, 7) is 0.400. The number of nitrogens with zero attached hydrogens (tertiary/aromatic N) is 4. The molecule has 3 aromatic rings. The predicted octanol–water partition coefficient (Wildman–Crippen LogP) is 1.84. The Balaban J connectivity index is 1.19. The molecule has 1 spiro atoms. The van der Waals surface area contributed by atoms with E-state index >= 15 is 0 Å². The first-order valence-electron chi connectivity index (χ1n) is 12.9. The number of benzene rings is 2. The average molecular weight is 531 g/mol. The zero-order valence-corrected chi connectivity index (χ0v) is 21.2. The van der Waals surface area contributed by atoms with E-state index in [1.54, 1.807) is 23.4 Å². The Labute approximate surface area is 223 Å². The van der Waals surface area contributed by atoms with Gasteiger partial charge < -0.3 is 16.0 Å². The van der Waals surface area contributed by atoms with Crippen LogP contribution in [0.25, 0.3) is 11.1 Å². The van der Waals surface area contributed by atoms with Crippen LogP contribution >= 0.6 is 0 Å². The van der Waals surface area contributed by atoms with Gasteiger partial charge in [0, 0.05) is 24.8 Å². The molecule has 1 atom stereocenters. The van der Waals surface area contributed by atoms with Crippen LogP contribution in [0.1, 0.15) is 35.1 Å². The molecule has 1 unspecified atom stereocenters. The first kappa shape index (κ1) is 24.8. The Morgan fingerprint density at radius 1 is 1.03 bits per heavy atom. The van der Waals surface area contributed by atoms with Crippen LogP contribution in [0, 0.1) is 5.82 Å². The second kappa shape index (κ2) is 9.33. The van der Waals surface area contributed by atoms with Gasteiger partial charge in [0.25, 0.3) is 5.91 Å². The maximum absolute atomic E-state index is 13.7. The summed E-state index contributed by atoms with van der Waals surface area (Å²) in [5, 5.41) is 7.03. The lowest BCUT2D eigenvalue weighted by Crippen LogP contribution is -2.44. The number of amides is 5. The molecule has 1 aliphatic carbocycles. The van der Waals surface area contributed by atoms with E-state index in [2.05, 4.69) is 10.4 Å².